The summed E-state index contributed by atoms with van der Waals surface area (Å²) in [6.07, 6.45) is 2.63. The third-order valence-electron chi connectivity index (χ3n) is 2.14. The molecule has 0 heterocycles. The van der Waals surface area contributed by atoms with Crippen molar-refractivity contribution in [3.63, 3.8) is 0 Å². The van der Waals surface area contributed by atoms with Crippen LogP contribution in [0.3, 0.4) is 0 Å². The van der Waals surface area contributed by atoms with Crippen molar-refractivity contribution in [1.82, 2.24) is 10.0 Å². The topological polar surface area (TPSA) is 58.2 Å². The third-order valence-corrected chi connectivity index (χ3v) is 4.54. The molecule has 98 valence electrons. The lowest BCUT2D eigenvalue weighted by molar-refractivity contribution is 0.561. The van der Waals surface area contributed by atoms with Crippen molar-refractivity contribution in [1.29, 1.82) is 0 Å². The maximum absolute atomic E-state index is 11.5. The Bertz CT molecular complexity index is 266. The first-order valence-electron chi connectivity index (χ1n) is 5.61. The molecule has 0 aliphatic heterocycles. The Morgan fingerprint density at radius 2 is 1.88 bits per heavy atom. The van der Waals surface area contributed by atoms with Gasteiger partial charge in [0.25, 0.3) is 0 Å². The van der Waals surface area contributed by atoms with Crippen LogP contribution in [0.25, 0.3) is 0 Å². The van der Waals surface area contributed by atoms with Crippen LogP contribution in [0.2, 0.25) is 0 Å². The van der Waals surface area contributed by atoms with E-state index >= 15 is 0 Å². The molecule has 0 bridgehead atoms. The maximum Gasteiger partial charge on any atom is 0.211 e. The molecule has 0 aromatic heterocycles. The maximum atomic E-state index is 11.5. The molecular weight excluding hydrogens is 244 g/mol. The van der Waals surface area contributed by atoms with Gasteiger partial charge in [-0.05, 0) is 19.2 Å². The largest absolute Gasteiger partial charge is 0.314 e. The summed E-state index contributed by atoms with van der Waals surface area (Å²) in [5.74, 6) is 0.202. The first-order chi connectivity index (χ1) is 7.37. The van der Waals surface area contributed by atoms with Gasteiger partial charge in [-0.3, -0.25) is 0 Å². The first kappa shape index (κ1) is 16.2. The SMILES string of the molecule is CSC(C)CNS(=O)(=O)CCCNC(C)C. The highest BCUT2D eigenvalue weighted by Crippen LogP contribution is 2.03. The van der Waals surface area contributed by atoms with Gasteiger partial charge in [-0.1, -0.05) is 20.8 Å². The fraction of sp³-hybridized carbons (Fsp3) is 1.00. The van der Waals surface area contributed by atoms with Crippen LogP contribution in [0.1, 0.15) is 27.2 Å². The van der Waals surface area contributed by atoms with Gasteiger partial charge in [0.15, 0.2) is 0 Å². The minimum atomic E-state index is -3.09. The normalized spacial score (nSPS) is 14.3. The average molecular weight is 268 g/mol. The molecule has 0 aromatic carbocycles. The van der Waals surface area contributed by atoms with E-state index in [-0.39, 0.29) is 5.75 Å². The number of hydrogen-bond acceptors (Lipinski definition) is 4. The van der Waals surface area contributed by atoms with Crippen molar-refractivity contribution >= 4 is 21.8 Å². The number of nitrogens with one attached hydrogen (secondary N) is 2. The second kappa shape index (κ2) is 8.33. The molecular formula is C10H24N2O2S2. The minimum Gasteiger partial charge on any atom is -0.314 e. The third kappa shape index (κ3) is 9.45. The van der Waals surface area contributed by atoms with Crippen LogP contribution in [0.4, 0.5) is 0 Å². The summed E-state index contributed by atoms with van der Waals surface area (Å²) in [5.41, 5.74) is 0. The van der Waals surface area contributed by atoms with Crippen LogP contribution in [0.15, 0.2) is 0 Å². The van der Waals surface area contributed by atoms with Crippen LogP contribution >= 0.6 is 11.8 Å². The van der Waals surface area contributed by atoms with Crippen molar-refractivity contribution < 1.29 is 8.42 Å². The lowest BCUT2D eigenvalue weighted by Crippen LogP contribution is -2.33. The number of thioether (sulfide) groups is 1. The Morgan fingerprint density at radius 1 is 1.25 bits per heavy atom. The molecule has 2 N–H and O–H groups in total. The molecule has 0 aromatic rings. The highest BCUT2D eigenvalue weighted by Gasteiger charge is 2.10. The Kier molecular flexibility index (Phi) is 8.45. The molecule has 1 atom stereocenters. The lowest BCUT2D eigenvalue weighted by Gasteiger charge is -2.11. The van der Waals surface area contributed by atoms with Crippen molar-refractivity contribution in [3.05, 3.63) is 0 Å². The summed E-state index contributed by atoms with van der Waals surface area (Å²) in [7, 11) is -3.09. The van der Waals surface area contributed by atoms with E-state index in [1.54, 1.807) is 11.8 Å². The monoisotopic (exact) mass is 268 g/mol. The molecule has 0 saturated heterocycles. The standard InChI is InChI=1S/C10H24N2O2S2/c1-9(2)11-6-5-7-16(13,14)12-8-10(3)15-4/h9-12H,5-8H2,1-4H3. The number of hydrogen-bond donors (Lipinski definition) is 2. The van der Waals surface area contributed by atoms with Crippen LogP contribution < -0.4 is 10.0 Å². The van der Waals surface area contributed by atoms with Crippen molar-refractivity contribution in [2.75, 3.05) is 25.1 Å². The highest BCUT2D eigenvalue weighted by molar-refractivity contribution is 7.99. The summed E-state index contributed by atoms with van der Waals surface area (Å²) < 4.78 is 25.7. The van der Waals surface area contributed by atoms with E-state index in [4.69, 9.17) is 0 Å². The molecule has 0 saturated carbocycles. The number of sulfonamides is 1. The second-order valence-electron chi connectivity index (χ2n) is 4.18. The zero-order valence-electron chi connectivity index (χ0n) is 10.6. The second-order valence-corrected chi connectivity index (χ2v) is 7.38. The smallest absolute Gasteiger partial charge is 0.211 e. The van der Waals surface area contributed by atoms with Crippen molar-refractivity contribution in [3.8, 4) is 0 Å². The van der Waals surface area contributed by atoms with Gasteiger partial charge in [0.1, 0.15) is 0 Å². The molecule has 0 amide bonds. The van der Waals surface area contributed by atoms with E-state index in [9.17, 15) is 8.42 Å². The van der Waals surface area contributed by atoms with Crippen molar-refractivity contribution in [2.45, 2.75) is 38.5 Å². The van der Waals surface area contributed by atoms with Crippen LogP contribution in [-0.2, 0) is 10.0 Å². The molecule has 0 fully saturated rings. The quantitative estimate of drug-likeness (QED) is 0.614. The van der Waals surface area contributed by atoms with Gasteiger partial charge in [0, 0.05) is 17.8 Å². The molecule has 1 unspecified atom stereocenters. The first-order valence-corrected chi connectivity index (χ1v) is 8.55. The van der Waals surface area contributed by atoms with Gasteiger partial charge >= 0.3 is 0 Å². The van der Waals surface area contributed by atoms with E-state index in [2.05, 4.69) is 10.0 Å². The molecule has 4 nitrogen and oxygen atoms in total. The molecule has 0 aliphatic carbocycles. The molecule has 0 spiro atoms. The predicted octanol–water partition coefficient (Wildman–Crippen LogP) is 1.05. The summed E-state index contributed by atoms with van der Waals surface area (Å²) in [5, 5.41) is 3.52. The van der Waals surface area contributed by atoms with Gasteiger partial charge in [-0.2, -0.15) is 11.8 Å². The highest BCUT2D eigenvalue weighted by atomic mass is 32.2. The van der Waals surface area contributed by atoms with Crippen LogP contribution in [0.5, 0.6) is 0 Å². The fourth-order valence-corrected chi connectivity index (χ4v) is 2.58. The van der Waals surface area contributed by atoms with Gasteiger partial charge < -0.3 is 5.32 Å². The van der Waals surface area contributed by atoms with Crippen LogP contribution in [-0.4, -0.2) is 44.8 Å². The Hall–Kier alpha value is 0.220. The Balaban J connectivity index is 3.71. The summed E-state index contributed by atoms with van der Waals surface area (Å²) >= 11 is 1.66. The molecule has 0 aliphatic rings. The van der Waals surface area contributed by atoms with E-state index in [0.717, 1.165) is 6.54 Å². The van der Waals surface area contributed by atoms with E-state index in [0.29, 0.717) is 24.3 Å². The Morgan fingerprint density at radius 3 is 2.38 bits per heavy atom. The van der Waals surface area contributed by atoms with E-state index in [1.807, 2.05) is 27.0 Å². The fourth-order valence-electron chi connectivity index (χ4n) is 1.05. The summed E-state index contributed by atoms with van der Waals surface area (Å²) in [6, 6.07) is 0.409. The van der Waals surface area contributed by atoms with Crippen molar-refractivity contribution in [2.24, 2.45) is 0 Å². The van der Waals surface area contributed by atoms with Gasteiger partial charge in [0.2, 0.25) is 10.0 Å². The summed E-state index contributed by atoms with van der Waals surface area (Å²) in [4.78, 5) is 0. The molecule has 0 radical (unpaired) electrons. The van der Waals surface area contributed by atoms with Gasteiger partial charge in [-0.25, -0.2) is 13.1 Å². The number of rotatable bonds is 9. The zero-order valence-corrected chi connectivity index (χ0v) is 12.2. The molecule has 16 heavy (non-hydrogen) atoms. The summed E-state index contributed by atoms with van der Waals surface area (Å²) in [6.45, 7) is 7.37. The lowest BCUT2D eigenvalue weighted by atomic mass is 10.4. The Labute approximate surface area is 104 Å². The van der Waals surface area contributed by atoms with E-state index < -0.39 is 10.0 Å². The van der Waals surface area contributed by atoms with Crippen LogP contribution in [0, 0.1) is 0 Å². The average Bonchev–Trinajstić information content (AvgIpc) is 2.21. The molecule has 0 rings (SSSR count). The zero-order chi connectivity index (χ0) is 12.6. The van der Waals surface area contributed by atoms with Gasteiger partial charge in [-0.15, -0.1) is 0 Å². The van der Waals surface area contributed by atoms with Gasteiger partial charge in [0.05, 0.1) is 5.75 Å². The van der Waals surface area contributed by atoms with E-state index in [1.165, 1.54) is 0 Å². The molecule has 6 heteroatoms. The minimum absolute atomic E-state index is 0.202. The predicted molar refractivity (Wildman–Crippen MR) is 72.5 cm³/mol.